The number of hydrogen-bond acceptors (Lipinski definition) is 5. The van der Waals surface area contributed by atoms with Crippen LogP contribution in [0.15, 0.2) is 60.7 Å². The van der Waals surface area contributed by atoms with Crippen molar-refractivity contribution >= 4 is 22.9 Å². The number of carbonyl (C=O) groups excluding carboxylic acids is 2. The second-order valence-electron chi connectivity index (χ2n) is 7.29. The van der Waals surface area contributed by atoms with Crippen molar-refractivity contribution in [3.8, 4) is 5.75 Å². The molecule has 0 unspecified atom stereocenters. The zero-order chi connectivity index (χ0) is 21.6. The predicted molar refractivity (Wildman–Crippen MR) is 117 cm³/mol. The molecule has 7 heteroatoms. The van der Waals surface area contributed by atoms with Crippen LogP contribution in [0.3, 0.4) is 0 Å². The third-order valence-electron chi connectivity index (χ3n) is 5.24. The van der Waals surface area contributed by atoms with E-state index in [1.807, 2.05) is 36.4 Å². The van der Waals surface area contributed by atoms with Crippen molar-refractivity contribution in [3.05, 3.63) is 71.9 Å². The summed E-state index contributed by atoms with van der Waals surface area (Å²) in [6.07, 6.45) is -0.322. The van der Waals surface area contributed by atoms with E-state index < -0.39 is 0 Å². The van der Waals surface area contributed by atoms with Crippen molar-refractivity contribution in [2.75, 3.05) is 32.8 Å². The Kier molecular flexibility index (Phi) is 6.31. The van der Waals surface area contributed by atoms with E-state index in [1.165, 1.54) is 0 Å². The predicted octanol–water partition coefficient (Wildman–Crippen LogP) is 3.73. The van der Waals surface area contributed by atoms with E-state index in [0.717, 1.165) is 16.6 Å². The van der Waals surface area contributed by atoms with Gasteiger partial charge in [-0.1, -0.05) is 24.3 Å². The van der Waals surface area contributed by atoms with Crippen LogP contribution in [0.5, 0.6) is 5.75 Å². The SMILES string of the molecule is CCOC(=O)N1CCN(C(=O)c2ccc(OCc3ccc4ccccc4n3)cc2)CC1. The lowest BCUT2D eigenvalue weighted by Crippen LogP contribution is -2.50. The monoisotopic (exact) mass is 419 g/mol. The van der Waals surface area contributed by atoms with Gasteiger partial charge in [0.2, 0.25) is 0 Å². The summed E-state index contributed by atoms with van der Waals surface area (Å²) >= 11 is 0. The van der Waals surface area contributed by atoms with E-state index in [4.69, 9.17) is 9.47 Å². The molecule has 160 valence electrons. The molecular formula is C24H25N3O4. The maximum atomic E-state index is 12.8. The maximum Gasteiger partial charge on any atom is 0.409 e. The van der Waals surface area contributed by atoms with Crippen LogP contribution >= 0.6 is 0 Å². The summed E-state index contributed by atoms with van der Waals surface area (Å²) in [7, 11) is 0. The zero-order valence-corrected chi connectivity index (χ0v) is 17.5. The molecule has 1 saturated heterocycles. The molecular weight excluding hydrogens is 394 g/mol. The van der Waals surface area contributed by atoms with Gasteiger partial charge in [-0.3, -0.25) is 4.79 Å². The summed E-state index contributed by atoms with van der Waals surface area (Å²) in [5, 5.41) is 1.09. The molecule has 0 N–H and O–H groups in total. The van der Waals surface area contributed by atoms with Crippen molar-refractivity contribution in [1.29, 1.82) is 0 Å². The Hall–Kier alpha value is -3.61. The first-order valence-electron chi connectivity index (χ1n) is 10.4. The molecule has 7 nitrogen and oxygen atoms in total. The van der Waals surface area contributed by atoms with E-state index in [1.54, 1.807) is 41.0 Å². The van der Waals surface area contributed by atoms with Gasteiger partial charge in [-0.2, -0.15) is 0 Å². The average molecular weight is 419 g/mol. The van der Waals surface area contributed by atoms with E-state index in [2.05, 4.69) is 4.98 Å². The molecule has 1 aromatic heterocycles. The van der Waals surface area contributed by atoms with Crippen LogP contribution in [0.2, 0.25) is 0 Å². The highest BCUT2D eigenvalue weighted by molar-refractivity contribution is 5.94. The van der Waals surface area contributed by atoms with E-state index in [-0.39, 0.29) is 12.0 Å². The Labute approximate surface area is 181 Å². The number of fused-ring (bicyclic) bond motifs is 1. The number of amides is 2. The number of pyridine rings is 1. The summed E-state index contributed by atoms with van der Waals surface area (Å²) in [4.78, 5) is 32.5. The fourth-order valence-electron chi connectivity index (χ4n) is 3.53. The largest absolute Gasteiger partial charge is 0.487 e. The summed E-state index contributed by atoms with van der Waals surface area (Å²) in [6.45, 7) is 4.42. The number of rotatable bonds is 5. The molecule has 4 rings (SSSR count). The zero-order valence-electron chi connectivity index (χ0n) is 17.5. The lowest BCUT2D eigenvalue weighted by molar-refractivity contribution is 0.0570. The molecule has 0 saturated carbocycles. The van der Waals surface area contributed by atoms with Crippen molar-refractivity contribution in [3.63, 3.8) is 0 Å². The molecule has 2 amide bonds. The third-order valence-corrected chi connectivity index (χ3v) is 5.24. The van der Waals surface area contributed by atoms with Crippen molar-refractivity contribution in [2.24, 2.45) is 0 Å². The summed E-state index contributed by atoms with van der Waals surface area (Å²) in [5.74, 6) is 0.630. The number of carbonyl (C=O) groups is 2. The normalized spacial score (nSPS) is 13.8. The smallest absolute Gasteiger partial charge is 0.409 e. The fourth-order valence-corrected chi connectivity index (χ4v) is 3.53. The van der Waals surface area contributed by atoms with E-state index >= 15 is 0 Å². The Morgan fingerprint density at radius 2 is 1.61 bits per heavy atom. The number of ether oxygens (including phenoxy) is 2. The quantitative estimate of drug-likeness (QED) is 0.630. The number of piperazine rings is 1. The van der Waals surface area contributed by atoms with Gasteiger partial charge in [0, 0.05) is 37.1 Å². The standard InChI is InChI=1S/C24H25N3O4/c1-2-30-24(29)27-15-13-26(14-16-27)23(28)19-8-11-21(12-9-19)31-17-20-10-7-18-5-3-4-6-22(18)25-20/h3-12H,2,13-17H2,1H3. The minimum absolute atomic E-state index is 0.0498. The van der Waals surface area contributed by atoms with Crippen LogP contribution < -0.4 is 4.74 Å². The van der Waals surface area contributed by atoms with E-state index in [9.17, 15) is 9.59 Å². The van der Waals surface area contributed by atoms with Crippen molar-refractivity contribution < 1.29 is 19.1 Å². The first-order valence-corrected chi connectivity index (χ1v) is 10.4. The van der Waals surface area contributed by atoms with Gasteiger partial charge in [-0.15, -0.1) is 0 Å². The minimum Gasteiger partial charge on any atom is -0.487 e. The molecule has 2 heterocycles. The van der Waals surface area contributed by atoms with Gasteiger partial charge < -0.3 is 19.3 Å². The molecule has 1 aliphatic heterocycles. The third kappa shape index (κ3) is 4.94. The van der Waals surface area contributed by atoms with E-state index in [0.29, 0.717) is 50.7 Å². The summed E-state index contributed by atoms with van der Waals surface area (Å²) in [6, 6.07) is 19.1. The fraction of sp³-hybridized carbons (Fsp3) is 0.292. The van der Waals surface area contributed by atoms with Crippen LogP contribution in [0.25, 0.3) is 10.9 Å². The van der Waals surface area contributed by atoms with Crippen molar-refractivity contribution in [2.45, 2.75) is 13.5 Å². The molecule has 1 fully saturated rings. The van der Waals surface area contributed by atoms with Gasteiger partial charge in [0.15, 0.2) is 0 Å². The first-order chi connectivity index (χ1) is 15.1. The van der Waals surface area contributed by atoms with Gasteiger partial charge >= 0.3 is 6.09 Å². The van der Waals surface area contributed by atoms with Crippen LogP contribution in [-0.4, -0.2) is 59.6 Å². The maximum absolute atomic E-state index is 12.8. The number of benzene rings is 2. The first kappa shape index (κ1) is 20.7. The summed E-state index contributed by atoms with van der Waals surface area (Å²) < 4.78 is 10.9. The number of aromatic nitrogens is 1. The Bertz CT molecular complexity index is 1060. The molecule has 0 radical (unpaired) electrons. The van der Waals surface area contributed by atoms with Gasteiger partial charge in [0.25, 0.3) is 5.91 Å². The second-order valence-corrected chi connectivity index (χ2v) is 7.29. The number of nitrogens with zero attached hydrogens (tertiary/aromatic N) is 3. The highest BCUT2D eigenvalue weighted by atomic mass is 16.6. The average Bonchev–Trinajstić information content (AvgIpc) is 2.83. The summed E-state index contributed by atoms with van der Waals surface area (Å²) in [5.41, 5.74) is 2.38. The molecule has 0 aliphatic carbocycles. The molecule has 3 aromatic rings. The molecule has 0 spiro atoms. The molecule has 31 heavy (non-hydrogen) atoms. The number of hydrogen-bond donors (Lipinski definition) is 0. The molecule has 0 atom stereocenters. The van der Waals surface area contributed by atoms with Crippen LogP contribution in [0.4, 0.5) is 4.79 Å². The number of para-hydroxylation sites is 1. The second kappa shape index (κ2) is 9.47. The lowest BCUT2D eigenvalue weighted by atomic mass is 10.1. The van der Waals surface area contributed by atoms with Gasteiger partial charge in [0.05, 0.1) is 17.8 Å². The van der Waals surface area contributed by atoms with Crippen molar-refractivity contribution in [1.82, 2.24) is 14.8 Å². The molecule has 0 bridgehead atoms. The van der Waals surface area contributed by atoms with Crippen LogP contribution in [0, 0.1) is 0 Å². The highest BCUT2D eigenvalue weighted by Crippen LogP contribution is 2.17. The van der Waals surface area contributed by atoms with Crippen LogP contribution in [-0.2, 0) is 11.3 Å². The van der Waals surface area contributed by atoms with Gasteiger partial charge in [0.1, 0.15) is 12.4 Å². The lowest BCUT2D eigenvalue weighted by Gasteiger charge is -2.34. The topological polar surface area (TPSA) is 72.0 Å². The Morgan fingerprint density at radius 3 is 2.35 bits per heavy atom. The molecule has 2 aromatic carbocycles. The highest BCUT2D eigenvalue weighted by Gasteiger charge is 2.25. The molecule has 1 aliphatic rings. The minimum atomic E-state index is -0.322. The van der Waals surface area contributed by atoms with Gasteiger partial charge in [-0.05, 0) is 43.3 Å². The Balaban J connectivity index is 1.31. The van der Waals surface area contributed by atoms with Crippen LogP contribution in [0.1, 0.15) is 23.0 Å². The Morgan fingerprint density at radius 1 is 0.903 bits per heavy atom. The van der Waals surface area contributed by atoms with Gasteiger partial charge in [-0.25, -0.2) is 9.78 Å².